The van der Waals surface area contributed by atoms with E-state index in [9.17, 15) is 24.3 Å². The molecule has 174 valence electrons. The van der Waals surface area contributed by atoms with Gasteiger partial charge in [-0.05, 0) is 31.5 Å². The third kappa shape index (κ3) is 5.37. The standard InChI is InChI=1S/C26H29NO6/c1-18(24(29)27(26(31)32)15-9-10-19(27)2)16-22(28)23(17-20-11-5-3-6-12-20)33-25(30)21-13-7-4-8-14-21/h3-8,11-14,18-19,23H,9-10,15-17H2,1-2H3/p+1/t18-,19-,23+,27?/m1/s1. The number of nitrogens with zero attached hydrogens (tertiary/aromatic N) is 1. The van der Waals surface area contributed by atoms with Crippen LogP contribution >= 0.6 is 0 Å². The van der Waals surface area contributed by atoms with E-state index in [2.05, 4.69) is 0 Å². The van der Waals surface area contributed by atoms with Gasteiger partial charge >= 0.3 is 18.0 Å². The highest BCUT2D eigenvalue weighted by molar-refractivity contribution is 5.94. The molecule has 2 aromatic rings. The van der Waals surface area contributed by atoms with Gasteiger partial charge in [-0.25, -0.2) is 9.59 Å². The predicted molar refractivity (Wildman–Crippen MR) is 121 cm³/mol. The second-order valence-electron chi connectivity index (χ2n) is 8.73. The van der Waals surface area contributed by atoms with E-state index < -0.39 is 40.3 Å². The third-order valence-corrected chi connectivity index (χ3v) is 6.43. The van der Waals surface area contributed by atoms with Crippen LogP contribution in [-0.4, -0.2) is 52.0 Å². The Labute approximate surface area is 193 Å². The van der Waals surface area contributed by atoms with Gasteiger partial charge in [-0.1, -0.05) is 48.5 Å². The van der Waals surface area contributed by atoms with E-state index in [4.69, 9.17) is 4.74 Å². The van der Waals surface area contributed by atoms with E-state index in [1.54, 1.807) is 44.2 Å². The molecule has 1 N–H and O–H groups in total. The fourth-order valence-electron chi connectivity index (χ4n) is 4.52. The zero-order chi connectivity index (χ0) is 24.0. The van der Waals surface area contributed by atoms with Crippen molar-refractivity contribution in [3.63, 3.8) is 0 Å². The minimum absolute atomic E-state index is 0.175. The number of carboxylic acid groups (broad SMARTS) is 1. The molecule has 0 aromatic heterocycles. The van der Waals surface area contributed by atoms with Crippen molar-refractivity contribution in [3.8, 4) is 0 Å². The molecular formula is C26H30NO6+. The number of likely N-dealkylation sites (tertiary alicyclic amines) is 1. The predicted octanol–water partition coefficient (Wildman–Crippen LogP) is 4.25. The fourth-order valence-corrected chi connectivity index (χ4v) is 4.52. The minimum atomic E-state index is -1.18. The van der Waals surface area contributed by atoms with Gasteiger partial charge in [0.25, 0.3) is 0 Å². The Hall–Kier alpha value is -3.32. The molecule has 1 unspecified atom stereocenters. The molecule has 0 radical (unpaired) electrons. The monoisotopic (exact) mass is 452 g/mol. The van der Waals surface area contributed by atoms with E-state index in [0.29, 0.717) is 18.4 Å². The lowest BCUT2D eigenvalue weighted by molar-refractivity contribution is -0.794. The molecule has 33 heavy (non-hydrogen) atoms. The first-order valence-corrected chi connectivity index (χ1v) is 11.2. The number of carbonyl (C=O) groups excluding carboxylic acids is 3. The topological polar surface area (TPSA) is 97.7 Å². The summed E-state index contributed by atoms with van der Waals surface area (Å²) in [6, 6.07) is 17.2. The van der Waals surface area contributed by atoms with Crippen LogP contribution in [0, 0.1) is 5.92 Å². The average Bonchev–Trinajstić information content (AvgIpc) is 3.21. The number of hydrogen-bond donors (Lipinski definition) is 1. The van der Waals surface area contributed by atoms with E-state index >= 15 is 0 Å². The molecule has 0 spiro atoms. The summed E-state index contributed by atoms with van der Waals surface area (Å²) in [4.78, 5) is 51.1. The molecule has 0 aliphatic carbocycles. The Kier molecular flexibility index (Phi) is 7.76. The van der Waals surface area contributed by atoms with Crippen molar-refractivity contribution in [1.29, 1.82) is 0 Å². The van der Waals surface area contributed by atoms with Gasteiger partial charge in [-0.3, -0.25) is 4.79 Å². The summed E-state index contributed by atoms with van der Waals surface area (Å²) in [7, 11) is 0. The quantitative estimate of drug-likeness (QED) is 0.475. The zero-order valence-corrected chi connectivity index (χ0v) is 19.0. The van der Waals surface area contributed by atoms with Gasteiger partial charge in [0.05, 0.1) is 18.0 Å². The normalized spacial score (nSPS) is 21.7. The van der Waals surface area contributed by atoms with Crippen molar-refractivity contribution in [2.45, 2.75) is 51.7 Å². The number of ether oxygens (including phenoxy) is 1. The highest BCUT2D eigenvalue weighted by Gasteiger charge is 2.54. The van der Waals surface area contributed by atoms with Crippen molar-refractivity contribution in [3.05, 3.63) is 71.8 Å². The van der Waals surface area contributed by atoms with E-state index in [1.807, 2.05) is 30.3 Å². The molecule has 4 atom stereocenters. The van der Waals surface area contributed by atoms with Crippen LogP contribution in [0.4, 0.5) is 4.79 Å². The number of rotatable bonds is 8. The molecule has 1 aliphatic rings. The zero-order valence-electron chi connectivity index (χ0n) is 19.0. The molecule has 0 saturated carbocycles. The van der Waals surface area contributed by atoms with E-state index in [0.717, 1.165) is 5.56 Å². The number of benzene rings is 2. The molecule has 2 amide bonds. The van der Waals surface area contributed by atoms with Crippen LogP contribution in [0.25, 0.3) is 0 Å². The van der Waals surface area contributed by atoms with Crippen LogP contribution in [0.1, 0.15) is 49.0 Å². The van der Waals surface area contributed by atoms with Crippen LogP contribution in [0.5, 0.6) is 0 Å². The fraction of sp³-hybridized carbons (Fsp3) is 0.385. The molecule has 0 bridgehead atoms. The first kappa shape index (κ1) is 24.3. The number of ketones is 1. The largest absolute Gasteiger partial charge is 0.521 e. The van der Waals surface area contributed by atoms with Gasteiger partial charge < -0.3 is 9.84 Å². The van der Waals surface area contributed by atoms with Crippen LogP contribution in [0.3, 0.4) is 0 Å². The molecule has 1 heterocycles. The van der Waals surface area contributed by atoms with Crippen molar-refractivity contribution in [1.82, 2.24) is 0 Å². The van der Waals surface area contributed by atoms with Crippen LogP contribution in [0.15, 0.2) is 60.7 Å². The maximum absolute atomic E-state index is 13.2. The van der Waals surface area contributed by atoms with Gasteiger partial charge in [0.1, 0.15) is 6.04 Å². The number of amides is 2. The van der Waals surface area contributed by atoms with E-state index in [1.165, 1.54) is 0 Å². The lowest BCUT2D eigenvalue weighted by atomic mass is 9.95. The molecule has 1 fully saturated rings. The summed E-state index contributed by atoms with van der Waals surface area (Å²) < 4.78 is 4.93. The Balaban J connectivity index is 1.78. The van der Waals surface area contributed by atoms with Crippen LogP contribution < -0.4 is 0 Å². The Bertz CT molecular complexity index is 1010. The van der Waals surface area contributed by atoms with Crippen molar-refractivity contribution < 1.29 is 33.5 Å². The van der Waals surface area contributed by atoms with Crippen LogP contribution in [0.2, 0.25) is 0 Å². The summed E-state index contributed by atoms with van der Waals surface area (Å²) in [6.45, 7) is 3.56. The molecule has 3 rings (SSSR count). The number of hydrogen-bond acceptors (Lipinski definition) is 5. The number of imide groups is 1. The molecule has 1 saturated heterocycles. The molecule has 2 aromatic carbocycles. The molecule has 7 heteroatoms. The van der Waals surface area contributed by atoms with Gasteiger partial charge in [-0.2, -0.15) is 9.28 Å². The number of quaternary nitrogens is 1. The van der Waals surface area contributed by atoms with Crippen LogP contribution in [-0.2, 0) is 20.7 Å². The first-order valence-electron chi connectivity index (χ1n) is 11.2. The Morgan fingerprint density at radius 3 is 2.18 bits per heavy atom. The Morgan fingerprint density at radius 1 is 1.03 bits per heavy atom. The second-order valence-corrected chi connectivity index (χ2v) is 8.73. The first-order chi connectivity index (χ1) is 15.8. The lowest BCUT2D eigenvalue weighted by Crippen LogP contribution is -2.60. The van der Waals surface area contributed by atoms with E-state index in [-0.39, 0.29) is 25.4 Å². The molecular weight excluding hydrogens is 422 g/mol. The smallest absolute Gasteiger partial charge is 0.450 e. The molecule has 1 aliphatic heterocycles. The van der Waals surface area contributed by atoms with Crippen molar-refractivity contribution in [2.24, 2.45) is 5.92 Å². The van der Waals surface area contributed by atoms with Gasteiger partial charge in [0, 0.05) is 25.7 Å². The summed E-state index contributed by atoms with van der Waals surface area (Å²) in [5.74, 6) is -2.32. The van der Waals surface area contributed by atoms with Gasteiger partial charge in [0.2, 0.25) is 0 Å². The summed E-state index contributed by atoms with van der Waals surface area (Å²) in [6.07, 6.45) is -0.993. The second kappa shape index (κ2) is 10.5. The molecule has 7 nitrogen and oxygen atoms in total. The summed E-state index contributed by atoms with van der Waals surface area (Å²) >= 11 is 0. The Morgan fingerprint density at radius 2 is 1.64 bits per heavy atom. The van der Waals surface area contributed by atoms with Gasteiger partial charge in [-0.15, -0.1) is 0 Å². The average molecular weight is 453 g/mol. The highest BCUT2D eigenvalue weighted by Crippen LogP contribution is 2.31. The number of carbonyl (C=O) groups is 4. The number of Topliss-reactive ketones (excluding diaryl/α,β-unsaturated/α-hetero) is 1. The highest BCUT2D eigenvalue weighted by atomic mass is 16.5. The number of esters is 1. The van der Waals surface area contributed by atoms with Crippen molar-refractivity contribution >= 4 is 23.8 Å². The summed E-state index contributed by atoms with van der Waals surface area (Å²) in [5.41, 5.74) is 1.15. The summed E-state index contributed by atoms with van der Waals surface area (Å²) in [5, 5.41) is 9.83. The SMILES string of the molecule is C[C@H](CC(=O)[C@H](Cc1ccccc1)OC(=O)c1ccccc1)C(=O)[N+]1(C(=O)O)CCC[C@H]1C. The van der Waals surface area contributed by atoms with Gasteiger partial charge in [0.15, 0.2) is 11.9 Å². The maximum atomic E-state index is 13.2. The van der Waals surface area contributed by atoms with Crippen molar-refractivity contribution in [2.75, 3.05) is 6.54 Å². The minimum Gasteiger partial charge on any atom is -0.450 e. The lowest BCUT2D eigenvalue weighted by Gasteiger charge is -2.32. The third-order valence-electron chi connectivity index (χ3n) is 6.43. The maximum Gasteiger partial charge on any atom is 0.521 e.